The lowest BCUT2D eigenvalue weighted by atomic mass is 9.98. The Morgan fingerprint density at radius 2 is 1.81 bits per heavy atom. The van der Waals surface area contributed by atoms with Gasteiger partial charge < -0.3 is 9.84 Å². The number of rotatable bonds is 5. The van der Waals surface area contributed by atoms with Crippen molar-refractivity contribution in [2.75, 3.05) is 13.2 Å². The molecule has 0 atom stereocenters. The summed E-state index contributed by atoms with van der Waals surface area (Å²) in [6.07, 6.45) is 0.776. The van der Waals surface area contributed by atoms with Crippen molar-refractivity contribution in [3.8, 4) is 5.75 Å². The summed E-state index contributed by atoms with van der Waals surface area (Å²) in [5.41, 5.74) is 0.178. The Kier molecular flexibility index (Phi) is 4.57. The number of amides is 2. The van der Waals surface area contributed by atoms with Crippen LogP contribution in [0.3, 0.4) is 0 Å². The van der Waals surface area contributed by atoms with E-state index in [1.54, 1.807) is 12.1 Å². The Bertz CT molecular complexity index is 534. The topological polar surface area (TPSA) is 83.9 Å². The fraction of sp³-hybridized carbons (Fsp3) is 0.400. The van der Waals surface area contributed by atoms with Crippen molar-refractivity contribution in [3.63, 3.8) is 0 Å². The van der Waals surface area contributed by atoms with Crippen LogP contribution in [-0.4, -0.2) is 40.9 Å². The van der Waals surface area contributed by atoms with Gasteiger partial charge in [-0.3, -0.25) is 14.5 Å². The van der Waals surface area contributed by atoms with Gasteiger partial charge in [-0.2, -0.15) is 0 Å². The molecule has 1 aliphatic heterocycles. The van der Waals surface area contributed by atoms with Crippen LogP contribution < -0.4 is 4.74 Å². The summed E-state index contributed by atoms with van der Waals surface area (Å²) in [7, 11) is 0. The van der Waals surface area contributed by atoms with E-state index in [1.165, 1.54) is 17.0 Å². The zero-order valence-corrected chi connectivity index (χ0v) is 11.7. The van der Waals surface area contributed by atoms with Crippen LogP contribution in [-0.2, 0) is 9.59 Å². The van der Waals surface area contributed by atoms with Gasteiger partial charge in [0.15, 0.2) is 0 Å². The molecule has 1 fully saturated rings. The molecule has 0 aliphatic carbocycles. The lowest BCUT2D eigenvalue weighted by molar-refractivity contribution is -0.150. The molecule has 6 nitrogen and oxygen atoms in total. The van der Waals surface area contributed by atoms with Crippen molar-refractivity contribution in [2.45, 2.75) is 19.8 Å². The number of aromatic carboxylic acids is 1. The largest absolute Gasteiger partial charge is 0.492 e. The van der Waals surface area contributed by atoms with Gasteiger partial charge in [0, 0.05) is 12.8 Å². The van der Waals surface area contributed by atoms with E-state index in [1.807, 2.05) is 6.92 Å². The fourth-order valence-electron chi connectivity index (χ4n) is 2.23. The Balaban J connectivity index is 1.85. The third kappa shape index (κ3) is 3.81. The normalized spacial score (nSPS) is 16.1. The molecule has 1 aromatic rings. The second-order valence-corrected chi connectivity index (χ2v) is 5.13. The number of hydrogen-bond acceptors (Lipinski definition) is 4. The molecule has 6 heteroatoms. The zero-order valence-electron chi connectivity index (χ0n) is 11.7. The van der Waals surface area contributed by atoms with Crippen LogP contribution in [0, 0.1) is 5.92 Å². The minimum Gasteiger partial charge on any atom is -0.492 e. The maximum atomic E-state index is 11.8. The minimum absolute atomic E-state index is 0.103. The number of imide groups is 1. The highest BCUT2D eigenvalue weighted by Crippen LogP contribution is 2.18. The molecule has 1 saturated heterocycles. The summed E-state index contributed by atoms with van der Waals surface area (Å²) in [6.45, 7) is 2.29. The Labute approximate surface area is 122 Å². The predicted molar refractivity (Wildman–Crippen MR) is 74.0 cm³/mol. The first-order valence-corrected chi connectivity index (χ1v) is 6.76. The van der Waals surface area contributed by atoms with E-state index < -0.39 is 5.97 Å². The molecule has 1 heterocycles. The average molecular weight is 291 g/mol. The molecule has 21 heavy (non-hydrogen) atoms. The van der Waals surface area contributed by atoms with Gasteiger partial charge in [0.1, 0.15) is 12.4 Å². The van der Waals surface area contributed by atoms with Crippen LogP contribution in [0.25, 0.3) is 0 Å². The van der Waals surface area contributed by atoms with E-state index in [9.17, 15) is 14.4 Å². The summed E-state index contributed by atoms with van der Waals surface area (Å²) >= 11 is 0. The predicted octanol–water partition coefficient (Wildman–Crippen LogP) is 1.55. The second-order valence-electron chi connectivity index (χ2n) is 5.13. The molecule has 0 unspecified atom stereocenters. The van der Waals surface area contributed by atoms with Gasteiger partial charge in [0.05, 0.1) is 12.1 Å². The number of hydrogen-bond donors (Lipinski definition) is 1. The molecule has 0 saturated carbocycles. The van der Waals surface area contributed by atoms with Crippen molar-refractivity contribution in [3.05, 3.63) is 29.8 Å². The first-order valence-electron chi connectivity index (χ1n) is 6.76. The monoisotopic (exact) mass is 291 g/mol. The first-order chi connectivity index (χ1) is 9.97. The summed E-state index contributed by atoms with van der Waals surface area (Å²) in [4.78, 5) is 35.5. The van der Waals surface area contributed by atoms with Gasteiger partial charge in [-0.1, -0.05) is 6.92 Å². The van der Waals surface area contributed by atoms with Crippen molar-refractivity contribution in [1.29, 1.82) is 0 Å². The number of carbonyl (C=O) groups is 3. The number of nitrogens with zero attached hydrogens (tertiary/aromatic N) is 1. The summed E-state index contributed by atoms with van der Waals surface area (Å²) in [6, 6.07) is 5.98. The van der Waals surface area contributed by atoms with E-state index in [0.717, 1.165) is 0 Å². The standard InChI is InChI=1S/C15H17NO5/c1-10-8-13(17)16(14(18)9-10)6-7-21-12-4-2-11(3-5-12)15(19)20/h2-5,10H,6-9H2,1H3,(H,19,20). The molecule has 1 aliphatic rings. The molecular formula is C15H17NO5. The number of carbonyl (C=O) groups excluding carboxylic acids is 2. The van der Waals surface area contributed by atoms with Crippen LogP contribution in [0.2, 0.25) is 0 Å². The Hall–Kier alpha value is -2.37. The number of likely N-dealkylation sites (tertiary alicyclic amines) is 1. The van der Waals surface area contributed by atoms with Gasteiger partial charge in [-0.05, 0) is 30.2 Å². The molecule has 0 spiro atoms. The highest BCUT2D eigenvalue weighted by Gasteiger charge is 2.29. The number of carboxylic acids is 1. The smallest absolute Gasteiger partial charge is 0.335 e. The number of piperidine rings is 1. The molecule has 112 valence electrons. The summed E-state index contributed by atoms with van der Waals surface area (Å²) < 4.78 is 5.43. The van der Waals surface area contributed by atoms with E-state index in [2.05, 4.69) is 0 Å². The van der Waals surface area contributed by atoms with Gasteiger partial charge in [0.25, 0.3) is 0 Å². The first kappa shape index (κ1) is 15.0. The molecule has 0 aromatic heterocycles. The quantitative estimate of drug-likeness (QED) is 0.832. The van der Waals surface area contributed by atoms with E-state index in [-0.39, 0.29) is 36.4 Å². The maximum absolute atomic E-state index is 11.8. The molecule has 2 amide bonds. The maximum Gasteiger partial charge on any atom is 0.335 e. The molecule has 0 bridgehead atoms. The Morgan fingerprint density at radius 1 is 1.24 bits per heavy atom. The second kappa shape index (κ2) is 6.39. The van der Waals surface area contributed by atoms with E-state index in [4.69, 9.17) is 9.84 Å². The zero-order chi connectivity index (χ0) is 15.4. The molecule has 1 aromatic carbocycles. The van der Waals surface area contributed by atoms with Gasteiger partial charge >= 0.3 is 5.97 Å². The van der Waals surface area contributed by atoms with Crippen LogP contribution in [0.5, 0.6) is 5.75 Å². The van der Waals surface area contributed by atoms with Crippen LogP contribution in [0.1, 0.15) is 30.1 Å². The SMILES string of the molecule is CC1CC(=O)N(CCOc2ccc(C(=O)O)cc2)C(=O)C1. The van der Waals surface area contributed by atoms with E-state index in [0.29, 0.717) is 18.6 Å². The van der Waals surface area contributed by atoms with Crippen molar-refractivity contribution in [1.82, 2.24) is 4.90 Å². The Morgan fingerprint density at radius 3 is 2.33 bits per heavy atom. The average Bonchev–Trinajstić information content (AvgIpc) is 2.42. The molecular weight excluding hydrogens is 274 g/mol. The van der Waals surface area contributed by atoms with Crippen LogP contribution in [0.4, 0.5) is 0 Å². The van der Waals surface area contributed by atoms with Crippen LogP contribution in [0.15, 0.2) is 24.3 Å². The van der Waals surface area contributed by atoms with Crippen molar-refractivity contribution >= 4 is 17.8 Å². The highest BCUT2D eigenvalue weighted by atomic mass is 16.5. The van der Waals surface area contributed by atoms with Gasteiger partial charge in [-0.25, -0.2) is 4.79 Å². The summed E-state index contributed by atoms with van der Waals surface area (Å²) in [5.74, 6) is -0.719. The van der Waals surface area contributed by atoms with Crippen LogP contribution >= 0.6 is 0 Å². The fourth-order valence-corrected chi connectivity index (χ4v) is 2.23. The number of benzene rings is 1. The molecule has 1 N–H and O–H groups in total. The van der Waals surface area contributed by atoms with Crippen molar-refractivity contribution < 1.29 is 24.2 Å². The van der Waals surface area contributed by atoms with Gasteiger partial charge in [0.2, 0.25) is 11.8 Å². The number of carboxylic acid groups (broad SMARTS) is 1. The molecule has 2 rings (SSSR count). The highest BCUT2D eigenvalue weighted by molar-refractivity contribution is 5.97. The number of ether oxygens (including phenoxy) is 1. The summed E-state index contributed by atoms with van der Waals surface area (Å²) in [5, 5.41) is 8.78. The van der Waals surface area contributed by atoms with Gasteiger partial charge in [-0.15, -0.1) is 0 Å². The third-order valence-electron chi connectivity index (χ3n) is 3.33. The van der Waals surface area contributed by atoms with Crippen molar-refractivity contribution in [2.24, 2.45) is 5.92 Å². The molecule has 0 radical (unpaired) electrons. The lowest BCUT2D eigenvalue weighted by Gasteiger charge is -2.28. The minimum atomic E-state index is -1.000. The van der Waals surface area contributed by atoms with E-state index >= 15 is 0 Å². The lowest BCUT2D eigenvalue weighted by Crippen LogP contribution is -2.44. The third-order valence-corrected chi connectivity index (χ3v) is 3.33.